The van der Waals surface area contributed by atoms with E-state index in [2.05, 4.69) is 10.6 Å². The Labute approximate surface area is 109 Å². The lowest BCUT2D eigenvalue weighted by Crippen LogP contribution is -2.54. The van der Waals surface area contributed by atoms with E-state index in [1.165, 1.54) is 0 Å². The second kappa shape index (κ2) is 5.99. The van der Waals surface area contributed by atoms with Crippen molar-refractivity contribution < 1.29 is 9.53 Å². The van der Waals surface area contributed by atoms with E-state index in [9.17, 15) is 4.79 Å². The Hall–Kier alpha value is -0.650. The van der Waals surface area contributed by atoms with Gasteiger partial charge in [0.05, 0.1) is 18.8 Å². The molecule has 0 bridgehead atoms. The van der Waals surface area contributed by atoms with Crippen LogP contribution in [0.5, 0.6) is 0 Å². The van der Waals surface area contributed by atoms with E-state index < -0.39 is 0 Å². The van der Waals surface area contributed by atoms with Crippen molar-refractivity contribution in [2.45, 2.75) is 37.3 Å². The van der Waals surface area contributed by atoms with Gasteiger partial charge in [0.1, 0.15) is 0 Å². The molecule has 2 rings (SSSR count). The summed E-state index contributed by atoms with van der Waals surface area (Å²) in [7, 11) is 3.83. The van der Waals surface area contributed by atoms with E-state index in [0.29, 0.717) is 12.6 Å². The average molecular weight is 255 g/mol. The van der Waals surface area contributed by atoms with Crippen LogP contribution in [0, 0.1) is 0 Å². The highest BCUT2D eigenvalue weighted by molar-refractivity contribution is 5.78. The van der Waals surface area contributed by atoms with Gasteiger partial charge in [-0.15, -0.1) is 0 Å². The SMILES string of the molecule is CN(C)CC(=O)NC1CCC2(CC1)CNCCO2. The number of hydrogen-bond acceptors (Lipinski definition) is 4. The first kappa shape index (κ1) is 13.8. The van der Waals surface area contributed by atoms with Crippen LogP contribution in [0.2, 0.25) is 0 Å². The largest absolute Gasteiger partial charge is 0.372 e. The molecule has 2 aliphatic rings. The van der Waals surface area contributed by atoms with Crippen molar-refractivity contribution in [1.29, 1.82) is 0 Å². The first-order valence-corrected chi connectivity index (χ1v) is 6.88. The van der Waals surface area contributed by atoms with Crippen LogP contribution < -0.4 is 10.6 Å². The van der Waals surface area contributed by atoms with Crippen LogP contribution in [0.4, 0.5) is 0 Å². The monoisotopic (exact) mass is 255 g/mol. The van der Waals surface area contributed by atoms with Crippen molar-refractivity contribution in [3.8, 4) is 0 Å². The summed E-state index contributed by atoms with van der Waals surface area (Å²) in [6.45, 7) is 3.22. The summed E-state index contributed by atoms with van der Waals surface area (Å²) in [5, 5.41) is 6.52. The Morgan fingerprint density at radius 2 is 2.17 bits per heavy atom. The molecule has 1 amide bonds. The smallest absolute Gasteiger partial charge is 0.234 e. The van der Waals surface area contributed by atoms with Gasteiger partial charge < -0.3 is 20.3 Å². The minimum Gasteiger partial charge on any atom is -0.372 e. The Morgan fingerprint density at radius 3 is 2.72 bits per heavy atom. The number of nitrogens with zero attached hydrogens (tertiary/aromatic N) is 1. The molecular formula is C13H25N3O2. The fourth-order valence-corrected chi connectivity index (χ4v) is 2.88. The van der Waals surface area contributed by atoms with E-state index >= 15 is 0 Å². The van der Waals surface area contributed by atoms with Crippen LogP contribution in [0.1, 0.15) is 25.7 Å². The van der Waals surface area contributed by atoms with Crippen LogP contribution in [0.25, 0.3) is 0 Å². The predicted molar refractivity (Wildman–Crippen MR) is 70.5 cm³/mol. The summed E-state index contributed by atoms with van der Waals surface area (Å²) in [6, 6.07) is 0.327. The summed E-state index contributed by atoms with van der Waals surface area (Å²) in [6.07, 6.45) is 4.15. The lowest BCUT2D eigenvalue weighted by molar-refractivity contribution is -0.124. The first-order valence-electron chi connectivity index (χ1n) is 6.88. The molecular weight excluding hydrogens is 230 g/mol. The fourth-order valence-electron chi connectivity index (χ4n) is 2.88. The van der Waals surface area contributed by atoms with Gasteiger partial charge in [0.2, 0.25) is 5.91 Å². The molecule has 0 radical (unpaired) electrons. The zero-order valence-electron chi connectivity index (χ0n) is 11.5. The summed E-state index contributed by atoms with van der Waals surface area (Å²) in [4.78, 5) is 13.6. The van der Waals surface area contributed by atoms with Crippen molar-refractivity contribution in [2.75, 3.05) is 40.3 Å². The van der Waals surface area contributed by atoms with E-state index in [1.807, 2.05) is 19.0 Å². The third-order valence-electron chi connectivity index (χ3n) is 3.86. The molecule has 5 nitrogen and oxygen atoms in total. The van der Waals surface area contributed by atoms with Crippen molar-refractivity contribution in [1.82, 2.24) is 15.5 Å². The minimum atomic E-state index is 0.0427. The highest BCUT2D eigenvalue weighted by Crippen LogP contribution is 2.32. The van der Waals surface area contributed by atoms with Crippen LogP contribution in [-0.4, -0.2) is 62.8 Å². The second-order valence-electron chi connectivity index (χ2n) is 5.79. The number of hydrogen-bond donors (Lipinski definition) is 2. The number of nitrogens with one attached hydrogen (secondary N) is 2. The molecule has 2 fully saturated rings. The van der Waals surface area contributed by atoms with Crippen LogP contribution >= 0.6 is 0 Å². The normalized spacial score (nSPS) is 32.7. The Balaban J connectivity index is 1.74. The zero-order valence-corrected chi connectivity index (χ0v) is 11.5. The molecule has 1 saturated heterocycles. The van der Waals surface area contributed by atoms with Gasteiger partial charge in [0, 0.05) is 19.1 Å². The molecule has 0 aromatic rings. The van der Waals surface area contributed by atoms with Gasteiger partial charge in [-0.05, 0) is 39.8 Å². The molecule has 0 aromatic heterocycles. The Bertz CT molecular complexity index is 278. The molecule has 1 aliphatic carbocycles. The van der Waals surface area contributed by atoms with E-state index in [4.69, 9.17) is 4.74 Å². The van der Waals surface area contributed by atoms with E-state index in [1.54, 1.807) is 0 Å². The molecule has 1 heterocycles. The van der Waals surface area contributed by atoms with E-state index in [0.717, 1.165) is 45.4 Å². The molecule has 0 atom stereocenters. The van der Waals surface area contributed by atoms with Crippen molar-refractivity contribution in [3.05, 3.63) is 0 Å². The molecule has 5 heteroatoms. The third kappa shape index (κ3) is 3.67. The van der Waals surface area contributed by atoms with Gasteiger partial charge in [-0.3, -0.25) is 4.79 Å². The lowest BCUT2D eigenvalue weighted by atomic mass is 9.81. The number of rotatable bonds is 3. The number of morpholine rings is 1. The standard InChI is InChI=1S/C13H25N3O2/c1-16(2)9-12(17)15-11-3-5-13(6-4-11)10-14-7-8-18-13/h11,14H,3-10H2,1-2H3,(H,15,17). The zero-order chi connectivity index (χ0) is 13.0. The van der Waals surface area contributed by atoms with Crippen LogP contribution in [-0.2, 0) is 9.53 Å². The second-order valence-corrected chi connectivity index (χ2v) is 5.79. The van der Waals surface area contributed by atoms with Gasteiger partial charge in [-0.1, -0.05) is 0 Å². The van der Waals surface area contributed by atoms with Gasteiger partial charge in [-0.2, -0.15) is 0 Å². The van der Waals surface area contributed by atoms with Crippen molar-refractivity contribution in [2.24, 2.45) is 0 Å². The maximum absolute atomic E-state index is 11.7. The van der Waals surface area contributed by atoms with Gasteiger partial charge >= 0.3 is 0 Å². The number of carbonyl (C=O) groups is 1. The summed E-state index contributed by atoms with van der Waals surface area (Å²) in [5.74, 6) is 0.128. The molecule has 104 valence electrons. The lowest BCUT2D eigenvalue weighted by Gasteiger charge is -2.43. The molecule has 1 aliphatic heterocycles. The fraction of sp³-hybridized carbons (Fsp3) is 0.923. The quantitative estimate of drug-likeness (QED) is 0.743. The molecule has 1 saturated carbocycles. The third-order valence-corrected chi connectivity index (χ3v) is 3.86. The highest BCUT2D eigenvalue weighted by atomic mass is 16.5. The average Bonchev–Trinajstić information content (AvgIpc) is 2.33. The maximum Gasteiger partial charge on any atom is 0.234 e. The number of carbonyl (C=O) groups excluding carboxylic acids is 1. The van der Waals surface area contributed by atoms with Crippen molar-refractivity contribution in [3.63, 3.8) is 0 Å². The van der Waals surface area contributed by atoms with Crippen LogP contribution in [0.15, 0.2) is 0 Å². The van der Waals surface area contributed by atoms with Crippen molar-refractivity contribution >= 4 is 5.91 Å². The summed E-state index contributed by atoms with van der Waals surface area (Å²) < 4.78 is 5.94. The van der Waals surface area contributed by atoms with E-state index in [-0.39, 0.29) is 11.5 Å². The number of ether oxygens (including phenoxy) is 1. The molecule has 0 unspecified atom stereocenters. The number of amides is 1. The van der Waals surface area contributed by atoms with Gasteiger partial charge in [-0.25, -0.2) is 0 Å². The number of likely N-dealkylation sites (N-methyl/N-ethyl adjacent to an activating group) is 1. The topological polar surface area (TPSA) is 53.6 Å². The predicted octanol–water partition coefficient (Wildman–Crippen LogP) is -0.0346. The van der Waals surface area contributed by atoms with Gasteiger partial charge in [0.25, 0.3) is 0 Å². The molecule has 18 heavy (non-hydrogen) atoms. The maximum atomic E-state index is 11.7. The first-order chi connectivity index (χ1) is 8.60. The van der Waals surface area contributed by atoms with Crippen LogP contribution in [0.3, 0.4) is 0 Å². The Morgan fingerprint density at radius 1 is 1.44 bits per heavy atom. The molecule has 1 spiro atoms. The van der Waals surface area contributed by atoms with Gasteiger partial charge in [0.15, 0.2) is 0 Å². The molecule has 2 N–H and O–H groups in total. The highest BCUT2D eigenvalue weighted by Gasteiger charge is 2.37. The summed E-state index contributed by atoms with van der Waals surface area (Å²) in [5.41, 5.74) is 0.0427. The summed E-state index contributed by atoms with van der Waals surface area (Å²) >= 11 is 0. The molecule has 0 aromatic carbocycles. The minimum absolute atomic E-state index is 0.0427. The Kier molecular flexibility index (Phi) is 4.59.